The standard InChI is InChI=1S/C8H12N2O4S/c1-8(2)13-4(6(12)14-8)3-5(11)10-7(9)15/h4H,3H2,1-2H3,(H3,9,10,11,15)/t4-/m1/s1. The second kappa shape index (κ2) is 4.11. The van der Waals surface area contributed by atoms with Crippen molar-refractivity contribution in [2.24, 2.45) is 5.73 Å². The molecule has 1 amide bonds. The highest BCUT2D eigenvalue weighted by atomic mass is 32.1. The summed E-state index contributed by atoms with van der Waals surface area (Å²) in [5, 5.41) is 2.07. The average Bonchev–Trinajstić information content (AvgIpc) is 2.22. The van der Waals surface area contributed by atoms with Crippen molar-refractivity contribution in [3.8, 4) is 0 Å². The van der Waals surface area contributed by atoms with E-state index in [0.29, 0.717) is 0 Å². The van der Waals surface area contributed by atoms with E-state index in [-0.39, 0.29) is 11.5 Å². The molecule has 15 heavy (non-hydrogen) atoms. The van der Waals surface area contributed by atoms with E-state index in [1.165, 1.54) is 0 Å². The smallest absolute Gasteiger partial charge is 0.338 e. The first-order chi connectivity index (χ1) is 6.80. The Morgan fingerprint density at radius 2 is 2.27 bits per heavy atom. The van der Waals surface area contributed by atoms with Crippen molar-refractivity contribution in [1.29, 1.82) is 0 Å². The van der Waals surface area contributed by atoms with Gasteiger partial charge in [0.15, 0.2) is 11.2 Å². The Kier molecular flexibility index (Phi) is 3.25. The molecule has 1 fully saturated rings. The maximum Gasteiger partial charge on any atom is 0.338 e. The fourth-order valence-electron chi connectivity index (χ4n) is 1.20. The summed E-state index contributed by atoms with van der Waals surface area (Å²) >= 11 is 4.48. The van der Waals surface area contributed by atoms with E-state index in [1.807, 2.05) is 0 Å². The van der Waals surface area contributed by atoms with Gasteiger partial charge in [-0.05, 0) is 12.2 Å². The summed E-state index contributed by atoms with van der Waals surface area (Å²) in [4.78, 5) is 22.4. The molecule has 1 aliphatic rings. The van der Waals surface area contributed by atoms with Gasteiger partial charge in [-0.2, -0.15) is 0 Å². The molecular formula is C8H12N2O4S. The minimum Gasteiger partial charge on any atom is -0.432 e. The predicted octanol–water partition coefficient (Wildman–Crippen LogP) is -0.586. The monoisotopic (exact) mass is 232 g/mol. The Hall–Kier alpha value is -1.21. The number of hydrogen-bond acceptors (Lipinski definition) is 5. The Morgan fingerprint density at radius 3 is 2.67 bits per heavy atom. The topological polar surface area (TPSA) is 90.7 Å². The minimum absolute atomic E-state index is 0.134. The molecule has 0 aromatic rings. The summed E-state index contributed by atoms with van der Waals surface area (Å²) in [6.07, 6.45) is -1.05. The minimum atomic E-state index is -0.981. The highest BCUT2D eigenvalue weighted by molar-refractivity contribution is 7.80. The van der Waals surface area contributed by atoms with Gasteiger partial charge in [0.25, 0.3) is 0 Å². The normalized spacial score (nSPS) is 23.3. The van der Waals surface area contributed by atoms with Crippen molar-refractivity contribution < 1.29 is 19.1 Å². The maximum atomic E-state index is 11.2. The van der Waals surface area contributed by atoms with Gasteiger partial charge in [-0.3, -0.25) is 4.79 Å². The molecule has 0 aromatic carbocycles. The first-order valence-corrected chi connectivity index (χ1v) is 4.71. The highest BCUT2D eigenvalue weighted by Gasteiger charge is 2.41. The van der Waals surface area contributed by atoms with E-state index in [2.05, 4.69) is 17.5 Å². The second-order valence-electron chi connectivity index (χ2n) is 3.54. The maximum absolute atomic E-state index is 11.2. The predicted molar refractivity (Wildman–Crippen MR) is 54.6 cm³/mol. The van der Waals surface area contributed by atoms with Crippen LogP contribution in [0, 0.1) is 0 Å². The van der Waals surface area contributed by atoms with Crippen LogP contribution >= 0.6 is 12.2 Å². The van der Waals surface area contributed by atoms with E-state index in [4.69, 9.17) is 15.2 Å². The van der Waals surface area contributed by atoms with Crippen LogP contribution in [0.25, 0.3) is 0 Å². The van der Waals surface area contributed by atoms with Gasteiger partial charge in [0.1, 0.15) is 0 Å². The lowest BCUT2D eigenvalue weighted by Gasteiger charge is -2.14. The average molecular weight is 232 g/mol. The van der Waals surface area contributed by atoms with Crippen molar-refractivity contribution >= 4 is 29.2 Å². The van der Waals surface area contributed by atoms with Crippen LogP contribution in [-0.4, -0.2) is 28.9 Å². The SMILES string of the molecule is CC1(C)OC(=O)[C@@H](CC(=O)NC(N)=S)O1. The Bertz CT molecular complexity index is 316. The molecule has 1 aliphatic heterocycles. The number of hydrogen-bond donors (Lipinski definition) is 2. The van der Waals surface area contributed by atoms with Gasteiger partial charge >= 0.3 is 5.97 Å². The zero-order valence-electron chi connectivity index (χ0n) is 8.40. The molecule has 1 atom stereocenters. The number of ether oxygens (including phenoxy) is 2. The number of nitrogens with one attached hydrogen (secondary N) is 1. The first-order valence-electron chi connectivity index (χ1n) is 4.30. The molecule has 0 aliphatic carbocycles. The fourth-order valence-corrected chi connectivity index (χ4v) is 1.32. The van der Waals surface area contributed by atoms with Crippen LogP contribution in [-0.2, 0) is 19.1 Å². The van der Waals surface area contributed by atoms with E-state index in [9.17, 15) is 9.59 Å². The lowest BCUT2D eigenvalue weighted by Crippen LogP contribution is -2.37. The number of carbonyl (C=O) groups excluding carboxylic acids is 2. The number of rotatable bonds is 2. The largest absolute Gasteiger partial charge is 0.432 e. The van der Waals surface area contributed by atoms with Crippen LogP contribution in [0.15, 0.2) is 0 Å². The zero-order chi connectivity index (χ0) is 11.6. The zero-order valence-corrected chi connectivity index (χ0v) is 9.22. The first kappa shape index (κ1) is 11.9. The van der Waals surface area contributed by atoms with Crippen molar-refractivity contribution in [2.45, 2.75) is 32.2 Å². The summed E-state index contributed by atoms with van der Waals surface area (Å²) in [5.74, 6) is -2.01. The number of nitrogens with two attached hydrogens (primary N) is 1. The van der Waals surface area contributed by atoms with Crippen LogP contribution < -0.4 is 11.1 Å². The van der Waals surface area contributed by atoms with E-state index in [1.54, 1.807) is 13.8 Å². The fraction of sp³-hybridized carbons (Fsp3) is 0.625. The molecule has 0 unspecified atom stereocenters. The molecule has 1 heterocycles. The quantitative estimate of drug-likeness (QED) is 0.488. The van der Waals surface area contributed by atoms with Crippen LogP contribution in [0.2, 0.25) is 0 Å². The molecule has 6 nitrogen and oxygen atoms in total. The third-order valence-electron chi connectivity index (χ3n) is 1.67. The molecule has 0 aromatic heterocycles. The third kappa shape index (κ3) is 3.45. The summed E-state index contributed by atoms with van der Waals surface area (Å²) in [7, 11) is 0. The molecule has 7 heteroatoms. The molecule has 84 valence electrons. The molecule has 3 N–H and O–H groups in total. The second-order valence-corrected chi connectivity index (χ2v) is 3.98. The lowest BCUT2D eigenvalue weighted by atomic mass is 10.2. The molecule has 0 spiro atoms. The molecule has 0 radical (unpaired) electrons. The van der Waals surface area contributed by atoms with Crippen LogP contribution in [0.5, 0.6) is 0 Å². The van der Waals surface area contributed by atoms with Gasteiger partial charge in [0.05, 0.1) is 6.42 Å². The van der Waals surface area contributed by atoms with Crippen molar-refractivity contribution in [2.75, 3.05) is 0 Å². The summed E-state index contributed by atoms with van der Waals surface area (Å²) in [6.45, 7) is 3.19. The number of esters is 1. The van der Waals surface area contributed by atoms with Gasteiger partial charge in [0.2, 0.25) is 11.7 Å². The van der Waals surface area contributed by atoms with E-state index in [0.717, 1.165) is 0 Å². The van der Waals surface area contributed by atoms with Gasteiger partial charge in [0, 0.05) is 13.8 Å². The van der Waals surface area contributed by atoms with Gasteiger partial charge in [-0.25, -0.2) is 4.79 Å². The van der Waals surface area contributed by atoms with Crippen molar-refractivity contribution in [3.05, 3.63) is 0 Å². The Labute approximate surface area is 92.1 Å². The van der Waals surface area contributed by atoms with Gasteiger partial charge in [-0.1, -0.05) is 0 Å². The van der Waals surface area contributed by atoms with Gasteiger partial charge in [-0.15, -0.1) is 0 Å². The molecule has 0 saturated carbocycles. The Morgan fingerprint density at radius 1 is 1.67 bits per heavy atom. The number of thiocarbonyl (C=S) groups is 1. The van der Waals surface area contributed by atoms with Gasteiger partial charge < -0.3 is 20.5 Å². The number of amides is 1. The van der Waals surface area contributed by atoms with E-state index >= 15 is 0 Å². The van der Waals surface area contributed by atoms with Crippen LogP contribution in [0.3, 0.4) is 0 Å². The van der Waals surface area contributed by atoms with E-state index < -0.39 is 23.8 Å². The molecule has 1 saturated heterocycles. The van der Waals surface area contributed by atoms with Crippen LogP contribution in [0.1, 0.15) is 20.3 Å². The number of cyclic esters (lactones) is 1. The van der Waals surface area contributed by atoms with Crippen molar-refractivity contribution in [1.82, 2.24) is 5.32 Å². The highest BCUT2D eigenvalue weighted by Crippen LogP contribution is 2.25. The molecule has 1 rings (SSSR count). The lowest BCUT2D eigenvalue weighted by molar-refractivity contribution is -0.160. The number of carbonyl (C=O) groups is 2. The summed E-state index contributed by atoms with van der Waals surface area (Å²) < 4.78 is 10.1. The molecular weight excluding hydrogens is 220 g/mol. The molecule has 0 bridgehead atoms. The van der Waals surface area contributed by atoms with Crippen LogP contribution in [0.4, 0.5) is 0 Å². The third-order valence-corrected chi connectivity index (χ3v) is 1.77. The summed E-state index contributed by atoms with van der Waals surface area (Å²) in [5.41, 5.74) is 5.10. The summed E-state index contributed by atoms with van der Waals surface area (Å²) in [6, 6.07) is 0. The Balaban J connectivity index is 2.50. The van der Waals surface area contributed by atoms with Crippen molar-refractivity contribution in [3.63, 3.8) is 0 Å².